The monoisotopic (exact) mass is 427 g/mol. The fourth-order valence-corrected chi connectivity index (χ4v) is 2.98. The van der Waals surface area contributed by atoms with Crippen molar-refractivity contribution in [1.82, 2.24) is 14.9 Å². The van der Waals surface area contributed by atoms with Crippen LogP contribution in [0.5, 0.6) is 0 Å². The van der Waals surface area contributed by atoms with Gasteiger partial charge in [0.05, 0.1) is 0 Å². The van der Waals surface area contributed by atoms with E-state index in [1.807, 2.05) is 0 Å². The van der Waals surface area contributed by atoms with E-state index in [9.17, 15) is 29.1 Å². The molecule has 0 radical (unpaired) electrons. The highest BCUT2D eigenvalue weighted by Crippen LogP contribution is 2.32. The van der Waals surface area contributed by atoms with Gasteiger partial charge in [0.25, 0.3) is 5.56 Å². The Hall–Kier alpha value is -3.15. The molecule has 0 spiro atoms. The Morgan fingerprint density at radius 3 is 2.50 bits per heavy atom. The van der Waals surface area contributed by atoms with E-state index in [2.05, 4.69) is 10.3 Å². The van der Waals surface area contributed by atoms with Crippen LogP contribution >= 0.6 is 0 Å². The second-order valence-electron chi connectivity index (χ2n) is 7.88. The van der Waals surface area contributed by atoms with Crippen molar-refractivity contribution in [1.29, 1.82) is 0 Å². The summed E-state index contributed by atoms with van der Waals surface area (Å²) in [6.07, 6.45) is -3.25. The Kier molecular flexibility index (Phi) is 6.70. The summed E-state index contributed by atoms with van der Waals surface area (Å²) in [5.41, 5.74) is -1.99. The first-order chi connectivity index (χ1) is 13.8. The standard InChI is InChI=1S/C18H25N3O9/c1-8-7-21(16(26)20-14(8)23)11-6-10(28-9(2)22)13(29-11)12(15(24)25)19-17(27)30-18(3,4)5/h7,10-13H,6H2,1-5H3,(H,19,27)(H,24,25)(H,20,23,26)/t10-,11+,12?,13-/m0/s1. The fraction of sp³-hybridized carbons (Fsp3) is 0.611. The molecule has 0 saturated carbocycles. The molecule has 4 atom stereocenters. The highest BCUT2D eigenvalue weighted by atomic mass is 16.6. The van der Waals surface area contributed by atoms with Gasteiger partial charge in [0.15, 0.2) is 6.04 Å². The van der Waals surface area contributed by atoms with E-state index in [4.69, 9.17) is 14.2 Å². The number of H-pyrrole nitrogens is 1. The minimum Gasteiger partial charge on any atom is -0.480 e. The van der Waals surface area contributed by atoms with Gasteiger partial charge >= 0.3 is 23.7 Å². The van der Waals surface area contributed by atoms with Crippen molar-refractivity contribution in [3.63, 3.8) is 0 Å². The Bertz CT molecular complexity index is 943. The van der Waals surface area contributed by atoms with E-state index in [-0.39, 0.29) is 12.0 Å². The maximum absolute atomic E-state index is 12.2. The summed E-state index contributed by atoms with van der Waals surface area (Å²) in [6, 6.07) is -1.63. The van der Waals surface area contributed by atoms with Gasteiger partial charge in [-0.3, -0.25) is 19.1 Å². The number of carbonyl (C=O) groups is 3. The summed E-state index contributed by atoms with van der Waals surface area (Å²) in [5, 5.41) is 11.8. The van der Waals surface area contributed by atoms with Crippen LogP contribution in [0.25, 0.3) is 0 Å². The number of carboxylic acid groups (broad SMARTS) is 1. The first-order valence-electron chi connectivity index (χ1n) is 9.15. The SMILES string of the molecule is CC(=O)O[C@H]1C[C@H](n2cc(C)c(=O)[nH]c2=O)O[C@@H]1C(NC(=O)OC(C)(C)C)C(=O)O. The zero-order chi connectivity index (χ0) is 22.8. The average Bonchev–Trinajstić information content (AvgIpc) is 2.96. The lowest BCUT2D eigenvalue weighted by Gasteiger charge is -2.27. The second-order valence-corrected chi connectivity index (χ2v) is 7.88. The third-order valence-corrected chi connectivity index (χ3v) is 4.15. The Balaban J connectivity index is 2.34. The van der Waals surface area contributed by atoms with Crippen molar-refractivity contribution < 1.29 is 33.7 Å². The average molecular weight is 427 g/mol. The maximum atomic E-state index is 12.2. The molecule has 1 fully saturated rings. The van der Waals surface area contributed by atoms with Crippen molar-refractivity contribution in [2.45, 2.75) is 71.1 Å². The van der Waals surface area contributed by atoms with Gasteiger partial charge in [-0.25, -0.2) is 14.4 Å². The molecule has 1 aromatic heterocycles. The van der Waals surface area contributed by atoms with Crippen molar-refractivity contribution in [2.24, 2.45) is 0 Å². The van der Waals surface area contributed by atoms with Crippen molar-refractivity contribution in [3.05, 3.63) is 32.6 Å². The summed E-state index contributed by atoms with van der Waals surface area (Å²) >= 11 is 0. The molecule has 0 aromatic carbocycles. The Morgan fingerprint density at radius 1 is 1.33 bits per heavy atom. The number of nitrogens with one attached hydrogen (secondary N) is 2. The second kappa shape index (κ2) is 8.69. The van der Waals surface area contributed by atoms with Crippen molar-refractivity contribution >= 4 is 18.0 Å². The van der Waals surface area contributed by atoms with Crippen LogP contribution in [-0.4, -0.2) is 56.5 Å². The molecule has 30 heavy (non-hydrogen) atoms. The number of hydrogen-bond acceptors (Lipinski definition) is 8. The van der Waals surface area contributed by atoms with Crippen LogP contribution in [0.1, 0.15) is 45.9 Å². The lowest BCUT2D eigenvalue weighted by Crippen LogP contribution is -2.53. The lowest BCUT2D eigenvalue weighted by molar-refractivity contribution is -0.156. The largest absolute Gasteiger partial charge is 0.480 e. The molecule has 12 nitrogen and oxygen atoms in total. The Morgan fingerprint density at radius 2 is 1.97 bits per heavy atom. The zero-order valence-electron chi connectivity index (χ0n) is 17.3. The van der Waals surface area contributed by atoms with Crippen molar-refractivity contribution in [2.75, 3.05) is 0 Å². The zero-order valence-corrected chi connectivity index (χ0v) is 17.3. The van der Waals surface area contributed by atoms with Gasteiger partial charge in [-0.05, 0) is 27.7 Å². The van der Waals surface area contributed by atoms with Gasteiger partial charge in [-0.2, -0.15) is 0 Å². The van der Waals surface area contributed by atoms with E-state index in [1.165, 1.54) is 13.1 Å². The van der Waals surface area contributed by atoms with Gasteiger partial charge in [0.1, 0.15) is 24.0 Å². The number of esters is 1. The fourth-order valence-electron chi connectivity index (χ4n) is 2.98. The van der Waals surface area contributed by atoms with E-state index in [1.54, 1.807) is 20.8 Å². The van der Waals surface area contributed by atoms with Crippen LogP contribution in [0.2, 0.25) is 0 Å². The number of aryl methyl sites for hydroxylation is 1. The van der Waals surface area contributed by atoms with Crippen LogP contribution in [0.4, 0.5) is 4.79 Å². The quantitative estimate of drug-likeness (QED) is 0.550. The summed E-state index contributed by atoms with van der Waals surface area (Å²) in [7, 11) is 0. The summed E-state index contributed by atoms with van der Waals surface area (Å²) in [5.74, 6) is -2.14. The number of aromatic amines is 1. The molecule has 2 rings (SSSR count). The van der Waals surface area contributed by atoms with Crippen LogP contribution in [-0.2, 0) is 23.8 Å². The number of carbonyl (C=O) groups excluding carboxylic acids is 2. The first kappa shape index (κ1) is 23.1. The van der Waals surface area contributed by atoms with E-state index >= 15 is 0 Å². The van der Waals surface area contributed by atoms with Gasteiger partial charge < -0.3 is 24.6 Å². The van der Waals surface area contributed by atoms with Gasteiger partial charge in [-0.15, -0.1) is 0 Å². The normalized spacial score (nSPS) is 22.2. The summed E-state index contributed by atoms with van der Waals surface area (Å²) < 4.78 is 17.0. The number of ether oxygens (including phenoxy) is 3. The minimum absolute atomic E-state index is 0.0740. The van der Waals surface area contributed by atoms with E-state index in [0.29, 0.717) is 0 Å². The van der Waals surface area contributed by atoms with Crippen LogP contribution in [0.3, 0.4) is 0 Å². The molecule has 12 heteroatoms. The number of nitrogens with zero attached hydrogens (tertiary/aromatic N) is 1. The molecule has 0 bridgehead atoms. The molecule has 0 aliphatic carbocycles. The lowest BCUT2D eigenvalue weighted by atomic mass is 10.0. The molecule has 1 unspecified atom stereocenters. The third kappa shape index (κ3) is 5.69. The number of aliphatic carboxylic acids is 1. The summed E-state index contributed by atoms with van der Waals surface area (Å²) in [6.45, 7) is 7.44. The highest BCUT2D eigenvalue weighted by molar-refractivity contribution is 5.81. The molecular formula is C18H25N3O9. The number of hydrogen-bond donors (Lipinski definition) is 3. The molecule has 1 saturated heterocycles. The predicted octanol–water partition coefficient (Wildman–Crippen LogP) is 0.0421. The molecular weight excluding hydrogens is 402 g/mol. The molecule has 3 N–H and O–H groups in total. The van der Waals surface area contributed by atoms with Crippen LogP contribution in [0, 0.1) is 6.92 Å². The molecule has 1 aliphatic rings. The van der Waals surface area contributed by atoms with Gasteiger partial charge in [0, 0.05) is 25.1 Å². The highest BCUT2D eigenvalue weighted by Gasteiger charge is 2.47. The number of carboxylic acids is 1. The molecule has 1 aromatic rings. The molecule has 1 amide bonds. The molecule has 166 valence electrons. The Labute approximate surface area is 171 Å². The predicted molar refractivity (Wildman–Crippen MR) is 101 cm³/mol. The smallest absolute Gasteiger partial charge is 0.408 e. The number of alkyl carbamates (subject to hydrolysis) is 1. The van der Waals surface area contributed by atoms with Crippen molar-refractivity contribution in [3.8, 4) is 0 Å². The summed E-state index contributed by atoms with van der Waals surface area (Å²) in [4.78, 5) is 61.3. The topological polar surface area (TPSA) is 166 Å². The first-order valence-corrected chi connectivity index (χ1v) is 9.15. The van der Waals surface area contributed by atoms with Crippen LogP contribution < -0.4 is 16.6 Å². The minimum atomic E-state index is -1.63. The molecule has 2 heterocycles. The molecule has 1 aliphatic heterocycles. The maximum Gasteiger partial charge on any atom is 0.408 e. The van der Waals surface area contributed by atoms with Gasteiger partial charge in [-0.1, -0.05) is 0 Å². The van der Waals surface area contributed by atoms with E-state index in [0.717, 1.165) is 11.5 Å². The number of rotatable bonds is 5. The van der Waals surface area contributed by atoms with Gasteiger partial charge in [0.2, 0.25) is 0 Å². The number of aromatic nitrogens is 2. The third-order valence-electron chi connectivity index (χ3n) is 4.15. The van der Waals surface area contributed by atoms with E-state index < -0.39 is 59.4 Å². The number of amides is 1. The van der Waals surface area contributed by atoms with Crippen LogP contribution in [0.15, 0.2) is 15.8 Å².